The van der Waals surface area contributed by atoms with Gasteiger partial charge in [-0.25, -0.2) is 4.98 Å². The van der Waals surface area contributed by atoms with E-state index in [0.29, 0.717) is 40.4 Å². The first-order valence-corrected chi connectivity index (χ1v) is 10.7. The van der Waals surface area contributed by atoms with Gasteiger partial charge >= 0.3 is 0 Å². The Balaban J connectivity index is 1.98. The number of hydrogen-bond acceptors (Lipinski definition) is 6. The second-order valence-corrected chi connectivity index (χ2v) is 8.36. The van der Waals surface area contributed by atoms with Gasteiger partial charge in [-0.2, -0.15) is 0 Å². The van der Waals surface area contributed by atoms with Crippen molar-refractivity contribution in [3.05, 3.63) is 46.2 Å². The van der Waals surface area contributed by atoms with Crippen molar-refractivity contribution in [2.75, 3.05) is 7.11 Å². The minimum atomic E-state index is -0.115. The van der Waals surface area contributed by atoms with E-state index >= 15 is 0 Å². The highest BCUT2D eigenvalue weighted by Crippen LogP contribution is 2.35. The number of aromatic nitrogens is 3. The van der Waals surface area contributed by atoms with Crippen LogP contribution in [0.5, 0.6) is 5.75 Å². The molecule has 162 valence electrons. The highest BCUT2D eigenvalue weighted by molar-refractivity contribution is 6.23. The highest BCUT2D eigenvalue weighted by atomic mass is 16.5. The van der Waals surface area contributed by atoms with Crippen LogP contribution in [0.3, 0.4) is 0 Å². The van der Waals surface area contributed by atoms with E-state index in [2.05, 4.69) is 9.97 Å². The van der Waals surface area contributed by atoms with Crippen LogP contribution in [0.2, 0.25) is 0 Å². The maximum Gasteiger partial charge on any atom is 0.269 e. The largest absolute Gasteiger partial charge is 0.512 e. The predicted octanol–water partition coefficient (Wildman–Crippen LogP) is 4.86. The fourth-order valence-electron chi connectivity index (χ4n) is 4.72. The maximum absolute atomic E-state index is 12.8. The number of benzene rings is 1. The van der Waals surface area contributed by atoms with Crippen LogP contribution in [0.4, 0.5) is 0 Å². The number of nitrogens with zero attached hydrogens (tertiary/aromatic N) is 3. The number of nitrogens with one attached hydrogen (secondary N) is 1. The van der Waals surface area contributed by atoms with E-state index < -0.39 is 0 Å². The molecule has 0 bridgehead atoms. The van der Waals surface area contributed by atoms with Gasteiger partial charge in [-0.15, -0.1) is 0 Å². The van der Waals surface area contributed by atoms with Crippen LogP contribution < -0.4 is 10.3 Å². The number of aliphatic hydroxyl groups excluding tert-OH is 1. The SMILES string of the molecule is COc1cc2c(cc1/C(C(C)=N)=C(\C)O)ncc1ncc(=O)n(CC3CCCCC3)c12. The molecule has 1 fully saturated rings. The van der Waals surface area contributed by atoms with Crippen molar-refractivity contribution in [3.63, 3.8) is 0 Å². The van der Waals surface area contributed by atoms with Crippen molar-refractivity contribution in [2.24, 2.45) is 5.92 Å². The lowest BCUT2D eigenvalue weighted by molar-refractivity contribution is 0.319. The van der Waals surface area contributed by atoms with Crippen LogP contribution in [-0.4, -0.2) is 32.5 Å². The molecule has 4 rings (SSSR count). The first kappa shape index (κ1) is 21.0. The molecule has 1 aliphatic rings. The van der Waals surface area contributed by atoms with Crippen molar-refractivity contribution in [1.29, 1.82) is 5.41 Å². The lowest BCUT2D eigenvalue weighted by Gasteiger charge is -2.23. The number of fused-ring (bicyclic) bond motifs is 3. The second-order valence-electron chi connectivity index (χ2n) is 8.36. The van der Waals surface area contributed by atoms with E-state index in [1.807, 2.05) is 16.7 Å². The fraction of sp³-hybridized carbons (Fsp3) is 0.417. The maximum atomic E-state index is 12.8. The van der Waals surface area contributed by atoms with Gasteiger partial charge in [0.15, 0.2) is 0 Å². The minimum absolute atomic E-state index is 0.0433. The van der Waals surface area contributed by atoms with Gasteiger partial charge in [-0.05, 0) is 44.7 Å². The molecule has 31 heavy (non-hydrogen) atoms. The molecule has 3 aromatic rings. The van der Waals surface area contributed by atoms with Gasteiger partial charge in [0.05, 0.1) is 36.3 Å². The van der Waals surface area contributed by atoms with E-state index in [-0.39, 0.29) is 17.0 Å². The topological polar surface area (TPSA) is 101 Å². The van der Waals surface area contributed by atoms with Crippen LogP contribution in [0.25, 0.3) is 27.5 Å². The summed E-state index contributed by atoms with van der Waals surface area (Å²) < 4.78 is 7.46. The number of rotatable bonds is 5. The van der Waals surface area contributed by atoms with E-state index in [9.17, 15) is 9.90 Å². The Kier molecular flexibility index (Phi) is 5.76. The van der Waals surface area contributed by atoms with Crippen LogP contribution in [0.1, 0.15) is 51.5 Å². The van der Waals surface area contributed by atoms with Crippen LogP contribution in [-0.2, 0) is 6.54 Å². The number of hydrogen-bond donors (Lipinski definition) is 2. The second kappa shape index (κ2) is 8.49. The van der Waals surface area contributed by atoms with Crippen molar-refractivity contribution in [1.82, 2.24) is 14.5 Å². The fourth-order valence-corrected chi connectivity index (χ4v) is 4.72. The molecule has 0 spiro atoms. The summed E-state index contributed by atoms with van der Waals surface area (Å²) in [4.78, 5) is 21.7. The molecule has 1 aromatic carbocycles. The quantitative estimate of drug-likeness (QED) is 0.349. The third-order valence-corrected chi connectivity index (χ3v) is 6.16. The standard InChI is InChI=1S/C24H28N4O3/c1-14(25)23(15(2)29)18-9-19-17(10-21(18)31-3)24-20(11-26-19)27-12-22(30)28(24)13-16-7-5-4-6-8-16/h9-12,16,25,29H,4-8,13H2,1-3H3/b23-15+,25-14?. The number of methoxy groups -OCH3 is 1. The minimum Gasteiger partial charge on any atom is -0.512 e. The van der Waals surface area contributed by atoms with Crippen LogP contribution in [0.15, 0.2) is 35.1 Å². The first-order valence-electron chi connectivity index (χ1n) is 10.7. The van der Waals surface area contributed by atoms with Gasteiger partial charge in [0, 0.05) is 28.8 Å². The molecule has 1 aliphatic carbocycles. The summed E-state index contributed by atoms with van der Waals surface area (Å²) in [5, 5.41) is 19.0. The molecule has 0 saturated heterocycles. The molecule has 7 heteroatoms. The molecule has 1 saturated carbocycles. The van der Waals surface area contributed by atoms with Crippen molar-refractivity contribution in [3.8, 4) is 5.75 Å². The lowest BCUT2D eigenvalue weighted by Crippen LogP contribution is -2.25. The predicted molar refractivity (Wildman–Crippen MR) is 123 cm³/mol. The van der Waals surface area contributed by atoms with E-state index in [1.165, 1.54) is 25.5 Å². The zero-order valence-corrected chi connectivity index (χ0v) is 18.2. The summed E-state index contributed by atoms with van der Waals surface area (Å²) in [7, 11) is 1.56. The summed E-state index contributed by atoms with van der Waals surface area (Å²) in [5.74, 6) is 1.03. The molecule has 0 unspecified atom stereocenters. The van der Waals surface area contributed by atoms with E-state index in [1.54, 1.807) is 27.2 Å². The third-order valence-electron chi connectivity index (χ3n) is 6.16. The Morgan fingerprint density at radius 3 is 2.52 bits per heavy atom. The summed E-state index contributed by atoms with van der Waals surface area (Å²) in [5.41, 5.74) is 3.20. The number of ether oxygens (including phenoxy) is 1. The van der Waals surface area contributed by atoms with E-state index in [0.717, 1.165) is 23.7 Å². The van der Waals surface area contributed by atoms with Gasteiger partial charge in [0.1, 0.15) is 11.3 Å². The average molecular weight is 421 g/mol. The normalized spacial score (nSPS) is 15.8. The van der Waals surface area contributed by atoms with Gasteiger partial charge < -0.3 is 19.8 Å². The van der Waals surface area contributed by atoms with Crippen LogP contribution in [0, 0.1) is 11.3 Å². The molecule has 0 amide bonds. The number of pyridine rings is 1. The zero-order chi connectivity index (χ0) is 22.1. The Morgan fingerprint density at radius 1 is 1.16 bits per heavy atom. The zero-order valence-electron chi connectivity index (χ0n) is 18.2. The molecule has 7 nitrogen and oxygen atoms in total. The third kappa shape index (κ3) is 3.92. The Labute approximate surface area is 180 Å². The highest BCUT2D eigenvalue weighted by Gasteiger charge is 2.20. The Bertz CT molecular complexity index is 1250. The molecular weight excluding hydrogens is 392 g/mol. The first-order chi connectivity index (χ1) is 14.9. The van der Waals surface area contributed by atoms with Crippen molar-refractivity contribution < 1.29 is 9.84 Å². The van der Waals surface area contributed by atoms with Crippen LogP contribution >= 0.6 is 0 Å². The van der Waals surface area contributed by atoms with Crippen molar-refractivity contribution >= 4 is 33.2 Å². The molecule has 2 N–H and O–H groups in total. The summed E-state index contributed by atoms with van der Waals surface area (Å²) in [6, 6.07) is 3.65. The number of allylic oxidation sites excluding steroid dienone is 2. The van der Waals surface area contributed by atoms with E-state index in [4.69, 9.17) is 10.1 Å². The molecule has 0 atom stereocenters. The number of aliphatic hydroxyl groups is 1. The summed E-state index contributed by atoms with van der Waals surface area (Å²) >= 11 is 0. The molecule has 2 aromatic heterocycles. The summed E-state index contributed by atoms with van der Waals surface area (Å²) in [6.07, 6.45) is 9.00. The monoisotopic (exact) mass is 420 g/mol. The lowest BCUT2D eigenvalue weighted by atomic mass is 9.89. The molecular formula is C24H28N4O3. The smallest absolute Gasteiger partial charge is 0.269 e. The van der Waals surface area contributed by atoms with Gasteiger partial charge in [0.25, 0.3) is 5.56 Å². The molecule has 0 radical (unpaired) electrons. The van der Waals surface area contributed by atoms with Gasteiger partial charge in [-0.1, -0.05) is 19.3 Å². The van der Waals surface area contributed by atoms with Crippen molar-refractivity contribution in [2.45, 2.75) is 52.5 Å². The average Bonchev–Trinajstić information content (AvgIpc) is 2.75. The van der Waals surface area contributed by atoms with Gasteiger partial charge in [-0.3, -0.25) is 9.78 Å². The molecule has 2 heterocycles. The summed E-state index contributed by atoms with van der Waals surface area (Å²) in [6.45, 7) is 3.84. The Hall–Kier alpha value is -3.22. The Morgan fingerprint density at radius 2 is 1.87 bits per heavy atom. The van der Waals surface area contributed by atoms with Gasteiger partial charge in [0.2, 0.25) is 0 Å². The molecule has 0 aliphatic heterocycles.